The minimum atomic E-state index is -0.258. The number of hydrogen-bond acceptors (Lipinski definition) is 3. The number of rotatable bonds is 3. The van der Waals surface area contributed by atoms with Crippen molar-refractivity contribution in [2.24, 2.45) is 0 Å². The third-order valence-electron chi connectivity index (χ3n) is 2.99. The van der Waals surface area contributed by atoms with Gasteiger partial charge >= 0.3 is 6.03 Å². The van der Waals surface area contributed by atoms with Crippen LogP contribution in [-0.4, -0.2) is 23.3 Å². The molecule has 2 rings (SSSR count). The molecule has 0 radical (unpaired) electrons. The van der Waals surface area contributed by atoms with Gasteiger partial charge in [-0.1, -0.05) is 6.07 Å². The second-order valence-corrected chi connectivity index (χ2v) is 5.46. The van der Waals surface area contributed by atoms with Crippen LogP contribution >= 0.6 is 11.3 Å². The quantitative estimate of drug-likeness (QED) is 0.771. The van der Waals surface area contributed by atoms with E-state index in [2.05, 4.69) is 10.6 Å². The van der Waals surface area contributed by atoms with Crippen molar-refractivity contribution < 1.29 is 9.90 Å². The molecule has 5 heteroatoms. The van der Waals surface area contributed by atoms with E-state index in [9.17, 15) is 9.90 Å². The first kappa shape index (κ1) is 12.4. The van der Waals surface area contributed by atoms with Crippen molar-refractivity contribution in [3.8, 4) is 0 Å². The van der Waals surface area contributed by atoms with E-state index < -0.39 is 0 Å². The van der Waals surface area contributed by atoms with Gasteiger partial charge in [-0.15, -0.1) is 11.3 Å². The molecule has 1 fully saturated rings. The molecular weight excluding hydrogens is 236 g/mol. The molecule has 1 aliphatic carbocycles. The lowest BCUT2D eigenvalue weighted by Crippen LogP contribution is -2.44. The van der Waals surface area contributed by atoms with Gasteiger partial charge in [0.05, 0.1) is 12.6 Å². The molecule has 1 saturated carbocycles. The Balaban J connectivity index is 1.70. The number of carbonyl (C=O) groups excluding carboxylic acids is 1. The highest BCUT2D eigenvalue weighted by Gasteiger charge is 2.21. The van der Waals surface area contributed by atoms with E-state index in [1.165, 1.54) is 0 Å². The van der Waals surface area contributed by atoms with Crippen LogP contribution < -0.4 is 10.6 Å². The van der Waals surface area contributed by atoms with E-state index >= 15 is 0 Å². The Kier molecular flexibility index (Phi) is 4.39. The van der Waals surface area contributed by atoms with E-state index in [-0.39, 0.29) is 18.2 Å². The summed E-state index contributed by atoms with van der Waals surface area (Å²) in [6.45, 7) is 0.568. The zero-order valence-corrected chi connectivity index (χ0v) is 10.5. The van der Waals surface area contributed by atoms with Crippen molar-refractivity contribution in [3.63, 3.8) is 0 Å². The molecule has 2 atom stereocenters. The number of nitrogens with one attached hydrogen (secondary N) is 2. The van der Waals surface area contributed by atoms with Crippen LogP contribution in [0.2, 0.25) is 0 Å². The fourth-order valence-corrected chi connectivity index (χ4v) is 2.76. The summed E-state index contributed by atoms with van der Waals surface area (Å²) in [5.74, 6) is 0. The summed E-state index contributed by atoms with van der Waals surface area (Å²) in [6.07, 6.45) is 3.22. The molecule has 0 saturated heterocycles. The number of urea groups is 1. The Bertz CT molecular complexity index is 353. The van der Waals surface area contributed by atoms with Gasteiger partial charge < -0.3 is 15.7 Å². The van der Waals surface area contributed by atoms with E-state index in [1.807, 2.05) is 17.5 Å². The van der Waals surface area contributed by atoms with Crippen molar-refractivity contribution in [2.75, 3.05) is 0 Å². The number of amides is 2. The fourth-order valence-electron chi connectivity index (χ4n) is 2.11. The highest BCUT2D eigenvalue weighted by atomic mass is 32.1. The van der Waals surface area contributed by atoms with Gasteiger partial charge in [-0.25, -0.2) is 4.79 Å². The molecule has 1 heterocycles. The highest BCUT2D eigenvalue weighted by molar-refractivity contribution is 7.09. The molecule has 1 aliphatic rings. The number of thiophene rings is 1. The van der Waals surface area contributed by atoms with Crippen molar-refractivity contribution in [1.82, 2.24) is 10.6 Å². The predicted octanol–water partition coefficient (Wildman–Crippen LogP) is 1.85. The Morgan fingerprint density at radius 1 is 1.53 bits per heavy atom. The Labute approximate surface area is 105 Å². The second-order valence-electron chi connectivity index (χ2n) is 4.42. The SMILES string of the molecule is O=C(NCc1cccs1)N[C@@H]1CCC[C@H](O)C1. The number of hydrogen-bond donors (Lipinski definition) is 3. The van der Waals surface area contributed by atoms with Crippen molar-refractivity contribution >= 4 is 17.4 Å². The minimum Gasteiger partial charge on any atom is -0.393 e. The summed E-state index contributed by atoms with van der Waals surface area (Å²) in [6, 6.07) is 3.94. The van der Waals surface area contributed by atoms with Crippen molar-refractivity contribution in [2.45, 2.75) is 44.4 Å². The molecule has 1 aromatic heterocycles. The standard InChI is InChI=1S/C12H18N2O2S/c15-10-4-1-3-9(7-10)14-12(16)13-8-11-5-2-6-17-11/h2,5-6,9-10,15H,1,3-4,7-8H2,(H2,13,14,16)/t9-,10+/m1/s1. The lowest BCUT2D eigenvalue weighted by atomic mass is 9.93. The normalized spacial score (nSPS) is 24.3. The first-order chi connectivity index (χ1) is 8.24. The molecular formula is C12H18N2O2S. The third kappa shape index (κ3) is 4.02. The molecule has 0 bridgehead atoms. The molecule has 0 aliphatic heterocycles. The van der Waals surface area contributed by atoms with Crippen LogP contribution in [0, 0.1) is 0 Å². The first-order valence-electron chi connectivity index (χ1n) is 5.99. The van der Waals surface area contributed by atoms with Gasteiger partial charge in [0.1, 0.15) is 0 Å². The van der Waals surface area contributed by atoms with Crippen LogP contribution in [0.25, 0.3) is 0 Å². The highest BCUT2D eigenvalue weighted by Crippen LogP contribution is 2.18. The summed E-state index contributed by atoms with van der Waals surface area (Å²) in [4.78, 5) is 12.8. The van der Waals surface area contributed by atoms with Gasteiger partial charge in [-0.3, -0.25) is 0 Å². The molecule has 0 spiro atoms. The van der Waals surface area contributed by atoms with E-state index in [1.54, 1.807) is 11.3 Å². The van der Waals surface area contributed by atoms with Gasteiger partial charge in [0, 0.05) is 10.9 Å². The molecule has 0 aromatic carbocycles. The largest absolute Gasteiger partial charge is 0.393 e. The fraction of sp³-hybridized carbons (Fsp3) is 0.583. The lowest BCUT2D eigenvalue weighted by molar-refractivity contribution is 0.113. The molecule has 2 amide bonds. The summed E-state index contributed by atoms with van der Waals surface area (Å²) < 4.78 is 0. The lowest BCUT2D eigenvalue weighted by Gasteiger charge is -2.26. The Morgan fingerprint density at radius 2 is 2.41 bits per heavy atom. The molecule has 4 nitrogen and oxygen atoms in total. The van der Waals surface area contributed by atoms with Gasteiger partial charge in [0.25, 0.3) is 0 Å². The topological polar surface area (TPSA) is 61.4 Å². The number of aliphatic hydroxyl groups is 1. The maximum Gasteiger partial charge on any atom is 0.315 e. The Hall–Kier alpha value is -1.07. The number of carbonyl (C=O) groups is 1. The van der Waals surface area contributed by atoms with Crippen LogP contribution in [0.1, 0.15) is 30.6 Å². The van der Waals surface area contributed by atoms with Crippen LogP contribution in [0.5, 0.6) is 0 Å². The van der Waals surface area contributed by atoms with Crippen LogP contribution in [-0.2, 0) is 6.54 Å². The van der Waals surface area contributed by atoms with Crippen LogP contribution in [0.3, 0.4) is 0 Å². The average molecular weight is 254 g/mol. The molecule has 17 heavy (non-hydrogen) atoms. The first-order valence-corrected chi connectivity index (χ1v) is 6.87. The zero-order valence-electron chi connectivity index (χ0n) is 9.69. The monoisotopic (exact) mass is 254 g/mol. The van der Waals surface area contributed by atoms with Crippen molar-refractivity contribution in [1.29, 1.82) is 0 Å². The zero-order chi connectivity index (χ0) is 12.1. The maximum atomic E-state index is 11.6. The van der Waals surface area contributed by atoms with Gasteiger partial charge in [0.2, 0.25) is 0 Å². The van der Waals surface area contributed by atoms with Gasteiger partial charge in [0.15, 0.2) is 0 Å². The number of aliphatic hydroxyl groups excluding tert-OH is 1. The summed E-state index contributed by atoms with van der Waals surface area (Å²) in [5, 5.41) is 17.2. The molecule has 1 aromatic rings. The van der Waals surface area contributed by atoms with E-state index in [0.29, 0.717) is 13.0 Å². The van der Waals surface area contributed by atoms with Crippen LogP contribution in [0.4, 0.5) is 4.79 Å². The summed E-state index contributed by atoms with van der Waals surface area (Å²) in [5.41, 5.74) is 0. The third-order valence-corrected chi connectivity index (χ3v) is 3.86. The molecule has 0 unspecified atom stereocenters. The smallest absolute Gasteiger partial charge is 0.315 e. The molecule has 94 valence electrons. The van der Waals surface area contributed by atoms with Gasteiger partial charge in [-0.2, -0.15) is 0 Å². The average Bonchev–Trinajstić information content (AvgIpc) is 2.79. The predicted molar refractivity (Wildman–Crippen MR) is 68.0 cm³/mol. The van der Waals surface area contributed by atoms with E-state index in [0.717, 1.165) is 24.1 Å². The Morgan fingerprint density at radius 3 is 3.12 bits per heavy atom. The maximum absolute atomic E-state index is 11.6. The van der Waals surface area contributed by atoms with E-state index in [4.69, 9.17) is 0 Å². The summed E-state index contributed by atoms with van der Waals surface area (Å²) in [7, 11) is 0. The summed E-state index contributed by atoms with van der Waals surface area (Å²) >= 11 is 1.63. The second kappa shape index (κ2) is 6.02. The minimum absolute atomic E-state index is 0.113. The van der Waals surface area contributed by atoms with Crippen LogP contribution in [0.15, 0.2) is 17.5 Å². The van der Waals surface area contributed by atoms with Crippen molar-refractivity contribution in [3.05, 3.63) is 22.4 Å². The molecule has 3 N–H and O–H groups in total. The van der Waals surface area contributed by atoms with Gasteiger partial charge in [-0.05, 0) is 37.1 Å².